The molecule has 0 N–H and O–H groups in total. The highest BCUT2D eigenvalue weighted by Crippen LogP contribution is 2.45. The molecule has 1 aliphatic rings. The lowest BCUT2D eigenvalue weighted by atomic mass is 9.89. The maximum Gasteiger partial charge on any atom is 0.143 e. The Morgan fingerprint density at radius 3 is 2.50 bits per heavy atom. The summed E-state index contributed by atoms with van der Waals surface area (Å²) in [6.45, 7) is 2.04. The van der Waals surface area contributed by atoms with Crippen LogP contribution in [0.1, 0.15) is 31.2 Å². The number of benzene rings is 1. The van der Waals surface area contributed by atoms with Crippen LogP contribution in [0, 0.1) is 17.6 Å². The van der Waals surface area contributed by atoms with Gasteiger partial charge >= 0.3 is 0 Å². The monoisotopic (exact) mass is 352 g/mol. The molecule has 0 saturated heterocycles. The van der Waals surface area contributed by atoms with Crippen molar-refractivity contribution in [2.45, 2.75) is 30.5 Å². The number of hydrogen-bond donors (Lipinski definition) is 0. The highest BCUT2D eigenvalue weighted by atomic mass is 79.9. The Labute approximate surface area is 111 Å². The summed E-state index contributed by atoms with van der Waals surface area (Å²) in [6.07, 6.45) is 1.80. The number of alkyl halides is 1. The van der Waals surface area contributed by atoms with Gasteiger partial charge in [-0.05, 0) is 52.7 Å². The molecule has 16 heavy (non-hydrogen) atoms. The molecule has 0 bridgehead atoms. The molecular weight excluding hydrogens is 342 g/mol. The van der Waals surface area contributed by atoms with Crippen LogP contribution in [0.15, 0.2) is 16.6 Å². The summed E-state index contributed by atoms with van der Waals surface area (Å²) in [6, 6.07) is 2.75. The summed E-state index contributed by atoms with van der Waals surface area (Å²) in [4.78, 5) is 0.357. The molecule has 0 aromatic heterocycles. The number of halogens is 4. The fourth-order valence-electron chi connectivity index (χ4n) is 2.41. The molecule has 1 fully saturated rings. The molecule has 2 rings (SSSR count). The average molecular weight is 354 g/mol. The fraction of sp³-hybridized carbons (Fsp3) is 0.500. The molecule has 1 saturated carbocycles. The SMILES string of the molecule is CC1C(Br)CCC1c1c(F)ccc(Br)c1F. The quantitative estimate of drug-likeness (QED) is 0.492. The van der Waals surface area contributed by atoms with Gasteiger partial charge in [0.05, 0.1) is 4.47 Å². The van der Waals surface area contributed by atoms with Crippen LogP contribution in [0.5, 0.6) is 0 Å². The first-order valence-electron chi connectivity index (χ1n) is 5.30. The first kappa shape index (κ1) is 12.5. The van der Waals surface area contributed by atoms with Crippen molar-refractivity contribution < 1.29 is 8.78 Å². The first-order chi connectivity index (χ1) is 7.52. The third kappa shape index (κ3) is 2.06. The highest BCUT2D eigenvalue weighted by Gasteiger charge is 2.35. The van der Waals surface area contributed by atoms with Gasteiger partial charge in [0.2, 0.25) is 0 Å². The number of rotatable bonds is 1. The molecule has 0 aliphatic heterocycles. The largest absolute Gasteiger partial charge is 0.207 e. The van der Waals surface area contributed by atoms with Gasteiger partial charge in [0.15, 0.2) is 0 Å². The van der Waals surface area contributed by atoms with Crippen LogP contribution in [0.3, 0.4) is 0 Å². The van der Waals surface area contributed by atoms with E-state index in [9.17, 15) is 8.78 Å². The molecule has 0 radical (unpaired) electrons. The van der Waals surface area contributed by atoms with Crippen molar-refractivity contribution in [2.75, 3.05) is 0 Å². The van der Waals surface area contributed by atoms with Crippen molar-refractivity contribution in [3.63, 3.8) is 0 Å². The molecule has 3 atom stereocenters. The van der Waals surface area contributed by atoms with E-state index in [2.05, 4.69) is 31.9 Å². The second-order valence-electron chi connectivity index (χ2n) is 4.32. The minimum Gasteiger partial charge on any atom is -0.207 e. The van der Waals surface area contributed by atoms with E-state index < -0.39 is 11.6 Å². The summed E-state index contributed by atoms with van der Waals surface area (Å²) in [5, 5.41) is 0. The topological polar surface area (TPSA) is 0 Å². The molecule has 88 valence electrons. The van der Waals surface area contributed by atoms with Crippen LogP contribution in [0.2, 0.25) is 0 Å². The van der Waals surface area contributed by atoms with Crippen molar-refractivity contribution in [1.82, 2.24) is 0 Å². The van der Waals surface area contributed by atoms with E-state index in [1.165, 1.54) is 12.1 Å². The average Bonchev–Trinajstić information content (AvgIpc) is 2.56. The lowest BCUT2D eigenvalue weighted by Gasteiger charge is -2.19. The summed E-state index contributed by atoms with van der Waals surface area (Å²) in [7, 11) is 0. The molecule has 1 aliphatic carbocycles. The zero-order chi connectivity index (χ0) is 11.9. The summed E-state index contributed by atoms with van der Waals surface area (Å²) >= 11 is 6.66. The van der Waals surface area contributed by atoms with E-state index in [1.807, 2.05) is 6.92 Å². The summed E-state index contributed by atoms with van der Waals surface area (Å²) < 4.78 is 28.0. The van der Waals surface area contributed by atoms with Gasteiger partial charge in [-0.25, -0.2) is 8.78 Å². The summed E-state index contributed by atoms with van der Waals surface area (Å²) in [5.41, 5.74) is 0.240. The lowest BCUT2D eigenvalue weighted by Crippen LogP contribution is -2.12. The normalized spacial score (nSPS) is 29.7. The molecule has 0 spiro atoms. The lowest BCUT2D eigenvalue weighted by molar-refractivity contribution is 0.471. The van der Waals surface area contributed by atoms with E-state index in [0.717, 1.165) is 12.8 Å². The maximum atomic E-state index is 13.9. The molecule has 3 unspecified atom stereocenters. The standard InChI is InChI=1S/C12H12Br2F2/c1-6-7(2-3-8(6)13)11-10(15)5-4-9(14)12(11)16/h4-8H,2-3H2,1H3. The minimum absolute atomic E-state index is 0.0260. The second kappa shape index (κ2) is 4.73. The van der Waals surface area contributed by atoms with Crippen molar-refractivity contribution in [3.05, 3.63) is 33.8 Å². The van der Waals surface area contributed by atoms with Gasteiger partial charge in [0.25, 0.3) is 0 Å². The molecule has 0 nitrogen and oxygen atoms in total. The molecular formula is C12H12Br2F2. The van der Waals surface area contributed by atoms with E-state index in [4.69, 9.17) is 0 Å². The van der Waals surface area contributed by atoms with Gasteiger partial charge in [-0.3, -0.25) is 0 Å². The third-order valence-corrected chi connectivity index (χ3v) is 5.31. The van der Waals surface area contributed by atoms with Crippen LogP contribution < -0.4 is 0 Å². The van der Waals surface area contributed by atoms with Crippen LogP contribution in [-0.4, -0.2) is 4.83 Å². The predicted molar refractivity (Wildman–Crippen MR) is 67.9 cm³/mol. The van der Waals surface area contributed by atoms with Gasteiger partial charge < -0.3 is 0 Å². The zero-order valence-electron chi connectivity index (χ0n) is 8.81. The Hall–Kier alpha value is 0.0400. The van der Waals surface area contributed by atoms with E-state index in [-0.39, 0.29) is 17.4 Å². The second-order valence-corrected chi connectivity index (χ2v) is 6.35. The van der Waals surface area contributed by atoms with Crippen molar-refractivity contribution in [3.8, 4) is 0 Å². The highest BCUT2D eigenvalue weighted by molar-refractivity contribution is 9.10. The minimum atomic E-state index is -0.446. The fourth-order valence-corrected chi connectivity index (χ4v) is 3.39. The van der Waals surface area contributed by atoms with E-state index in [0.29, 0.717) is 9.30 Å². The third-order valence-electron chi connectivity index (χ3n) is 3.41. The maximum absolute atomic E-state index is 13.9. The predicted octanol–water partition coefficient (Wildman–Crippen LogP) is 5.00. The molecule has 0 heterocycles. The van der Waals surface area contributed by atoms with Crippen LogP contribution in [0.4, 0.5) is 8.78 Å². The molecule has 4 heteroatoms. The molecule has 1 aromatic rings. The van der Waals surface area contributed by atoms with Crippen molar-refractivity contribution >= 4 is 31.9 Å². The van der Waals surface area contributed by atoms with Gasteiger partial charge in [0, 0.05) is 10.4 Å². The Kier molecular flexibility index (Phi) is 3.69. The number of hydrogen-bond acceptors (Lipinski definition) is 0. The molecule has 1 aromatic carbocycles. The summed E-state index contributed by atoms with van der Waals surface area (Å²) in [5.74, 6) is -0.641. The van der Waals surface area contributed by atoms with Crippen LogP contribution in [-0.2, 0) is 0 Å². The first-order valence-corrected chi connectivity index (χ1v) is 7.00. The van der Waals surface area contributed by atoms with Gasteiger partial charge in [-0.15, -0.1) is 0 Å². The Morgan fingerprint density at radius 2 is 1.94 bits per heavy atom. The smallest absolute Gasteiger partial charge is 0.143 e. The van der Waals surface area contributed by atoms with Crippen molar-refractivity contribution in [2.24, 2.45) is 5.92 Å². The Bertz CT molecular complexity index is 406. The Morgan fingerprint density at radius 1 is 1.25 bits per heavy atom. The van der Waals surface area contributed by atoms with Crippen LogP contribution in [0.25, 0.3) is 0 Å². The zero-order valence-corrected chi connectivity index (χ0v) is 12.0. The van der Waals surface area contributed by atoms with Crippen molar-refractivity contribution in [1.29, 1.82) is 0 Å². The van der Waals surface area contributed by atoms with Gasteiger partial charge in [-0.1, -0.05) is 22.9 Å². The van der Waals surface area contributed by atoms with E-state index in [1.54, 1.807) is 0 Å². The molecule has 0 amide bonds. The van der Waals surface area contributed by atoms with Gasteiger partial charge in [0.1, 0.15) is 11.6 Å². The van der Waals surface area contributed by atoms with Gasteiger partial charge in [-0.2, -0.15) is 0 Å². The van der Waals surface area contributed by atoms with E-state index >= 15 is 0 Å². The Balaban J connectivity index is 2.44. The van der Waals surface area contributed by atoms with Crippen LogP contribution >= 0.6 is 31.9 Å².